The summed E-state index contributed by atoms with van der Waals surface area (Å²) in [4.78, 5) is 0. The molecule has 2 aromatic carbocycles. The van der Waals surface area contributed by atoms with Crippen LogP contribution in [0.1, 0.15) is 31.9 Å². The zero-order valence-corrected chi connectivity index (χ0v) is 15.0. The summed E-state index contributed by atoms with van der Waals surface area (Å²) >= 11 is 6.17. The van der Waals surface area contributed by atoms with Crippen LogP contribution < -0.4 is 5.36 Å². The summed E-state index contributed by atoms with van der Waals surface area (Å²) in [6, 6.07) is 13.6. The molecular formula is C20H20ClNO2. The molecule has 1 N–H and O–H groups in total. The first kappa shape index (κ1) is 16.6. The SMILES string of the molecule is Cc1cc2oc(-c3ccc(C(C)(C)C)cc3)cc(=NO)c2cc1Cl. The second-order valence-electron chi connectivity index (χ2n) is 7.02. The first-order chi connectivity index (χ1) is 11.3. The van der Waals surface area contributed by atoms with Crippen molar-refractivity contribution in [1.82, 2.24) is 0 Å². The van der Waals surface area contributed by atoms with Crippen LogP contribution in [0.2, 0.25) is 5.02 Å². The van der Waals surface area contributed by atoms with Gasteiger partial charge < -0.3 is 9.62 Å². The van der Waals surface area contributed by atoms with Crippen molar-refractivity contribution in [3.63, 3.8) is 0 Å². The summed E-state index contributed by atoms with van der Waals surface area (Å²) in [5, 5.41) is 14.5. The van der Waals surface area contributed by atoms with E-state index in [0.717, 1.165) is 11.1 Å². The van der Waals surface area contributed by atoms with Crippen LogP contribution in [0.25, 0.3) is 22.3 Å². The molecule has 0 atom stereocenters. The topological polar surface area (TPSA) is 45.7 Å². The molecule has 1 heterocycles. The molecule has 0 aliphatic carbocycles. The van der Waals surface area contributed by atoms with Crippen LogP contribution >= 0.6 is 11.6 Å². The first-order valence-electron chi connectivity index (χ1n) is 7.82. The quantitative estimate of drug-likeness (QED) is 0.459. The number of hydrogen-bond acceptors (Lipinski definition) is 3. The second kappa shape index (κ2) is 5.99. The van der Waals surface area contributed by atoms with Crippen molar-refractivity contribution in [2.45, 2.75) is 33.1 Å². The fourth-order valence-electron chi connectivity index (χ4n) is 2.65. The molecule has 3 aromatic rings. The molecule has 0 saturated heterocycles. The minimum absolute atomic E-state index is 0.0957. The number of hydrogen-bond donors (Lipinski definition) is 1. The van der Waals surface area contributed by atoms with Crippen LogP contribution in [0.3, 0.4) is 0 Å². The largest absolute Gasteiger partial charge is 0.456 e. The smallest absolute Gasteiger partial charge is 0.137 e. The maximum atomic E-state index is 9.36. The molecule has 0 fully saturated rings. The molecule has 3 nitrogen and oxygen atoms in total. The van der Waals surface area contributed by atoms with Gasteiger partial charge in [-0.05, 0) is 35.6 Å². The van der Waals surface area contributed by atoms with Gasteiger partial charge in [-0.25, -0.2) is 0 Å². The molecule has 0 spiro atoms. The Hall–Kier alpha value is -2.26. The molecule has 4 heteroatoms. The lowest BCUT2D eigenvalue weighted by Crippen LogP contribution is -2.10. The van der Waals surface area contributed by atoms with Gasteiger partial charge in [0, 0.05) is 22.0 Å². The highest BCUT2D eigenvalue weighted by molar-refractivity contribution is 6.32. The van der Waals surface area contributed by atoms with E-state index in [1.807, 2.05) is 25.1 Å². The minimum atomic E-state index is 0.0957. The molecular weight excluding hydrogens is 322 g/mol. The van der Waals surface area contributed by atoms with Crippen molar-refractivity contribution < 1.29 is 9.62 Å². The average Bonchev–Trinajstić information content (AvgIpc) is 2.54. The average molecular weight is 342 g/mol. The first-order valence-corrected chi connectivity index (χ1v) is 8.20. The second-order valence-corrected chi connectivity index (χ2v) is 7.43. The van der Waals surface area contributed by atoms with Gasteiger partial charge in [0.05, 0.1) is 0 Å². The van der Waals surface area contributed by atoms with E-state index in [-0.39, 0.29) is 5.41 Å². The lowest BCUT2D eigenvalue weighted by atomic mass is 9.86. The molecule has 0 bridgehead atoms. The van der Waals surface area contributed by atoms with Crippen LogP contribution in [0.15, 0.2) is 52.0 Å². The third kappa shape index (κ3) is 3.04. The number of fused-ring (bicyclic) bond motifs is 1. The highest BCUT2D eigenvalue weighted by Crippen LogP contribution is 2.28. The monoisotopic (exact) mass is 341 g/mol. The summed E-state index contributed by atoms with van der Waals surface area (Å²) in [7, 11) is 0. The zero-order valence-electron chi connectivity index (χ0n) is 14.2. The van der Waals surface area contributed by atoms with Crippen LogP contribution in [-0.4, -0.2) is 5.21 Å². The molecule has 0 saturated carbocycles. The molecule has 24 heavy (non-hydrogen) atoms. The molecule has 0 radical (unpaired) electrons. The summed E-state index contributed by atoms with van der Waals surface area (Å²) in [5.41, 5.74) is 3.83. The molecule has 0 unspecified atom stereocenters. The summed E-state index contributed by atoms with van der Waals surface area (Å²) in [5.74, 6) is 0.650. The summed E-state index contributed by atoms with van der Waals surface area (Å²) < 4.78 is 6.02. The van der Waals surface area contributed by atoms with Gasteiger partial charge in [0.1, 0.15) is 16.7 Å². The van der Waals surface area contributed by atoms with Gasteiger partial charge in [-0.3, -0.25) is 0 Å². The summed E-state index contributed by atoms with van der Waals surface area (Å²) in [6.45, 7) is 8.45. The standard InChI is InChI=1S/C20H20ClNO2/c1-12-9-19-15(10-16(12)21)17(22-23)11-18(24-19)13-5-7-14(8-6-13)20(2,3)4/h5-11,23H,1-4H3. The van der Waals surface area contributed by atoms with E-state index in [9.17, 15) is 5.21 Å². The van der Waals surface area contributed by atoms with E-state index in [4.69, 9.17) is 16.0 Å². The van der Waals surface area contributed by atoms with Crippen molar-refractivity contribution in [2.24, 2.45) is 5.16 Å². The maximum absolute atomic E-state index is 9.36. The number of aryl methyl sites for hydroxylation is 1. The normalized spacial score (nSPS) is 12.8. The van der Waals surface area contributed by atoms with Crippen molar-refractivity contribution >= 4 is 22.6 Å². The van der Waals surface area contributed by atoms with E-state index >= 15 is 0 Å². The Balaban J connectivity index is 2.18. The zero-order chi connectivity index (χ0) is 17.5. The number of rotatable bonds is 1. The van der Waals surface area contributed by atoms with E-state index in [2.05, 4.69) is 38.1 Å². The van der Waals surface area contributed by atoms with Crippen molar-refractivity contribution in [1.29, 1.82) is 0 Å². The highest BCUT2D eigenvalue weighted by atomic mass is 35.5. The van der Waals surface area contributed by atoms with Crippen LogP contribution in [0.5, 0.6) is 0 Å². The Labute approximate surface area is 146 Å². The van der Waals surface area contributed by atoms with Crippen molar-refractivity contribution in [2.75, 3.05) is 0 Å². The van der Waals surface area contributed by atoms with Gasteiger partial charge in [-0.2, -0.15) is 0 Å². The minimum Gasteiger partial charge on any atom is -0.456 e. The Morgan fingerprint density at radius 2 is 1.71 bits per heavy atom. The van der Waals surface area contributed by atoms with Gasteiger partial charge >= 0.3 is 0 Å². The van der Waals surface area contributed by atoms with Gasteiger partial charge in [0.25, 0.3) is 0 Å². The Kier molecular flexibility index (Phi) is 4.14. The summed E-state index contributed by atoms with van der Waals surface area (Å²) in [6.07, 6.45) is 0. The van der Waals surface area contributed by atoms with E-state index in [1.54, 1.807) is 12.1 Å². The van der Waals surface area contributed by atoms with Gasteiger partial charge in [0.15, 0.2) is 0 Å². The highest BCUT2D eigenvalue weighted by Gasteiger charge is 2.14. The fraction of sp³-hybridized carbons (Fsp3) is 0.250. The van der Waals surface area contributed by atoms with E-state index in [1.165, 1.54) is 5.56 Å². The predicted octanol–water partition coefficient (Wildman–Crippen LogP) is 5.65. The third-order valence-electron chi connectivity index (χ3n) is 4.17. The molecule has 3 rings (SSSR count). The lowest BCUT2D eigenvalue weighted by molar-refractivity contribution is 0.302. The molecule has 0 aliphatic heterocycles. The van der Waals surface area contributed by atoms with Crippen molar-refractivity contribution in [3.05, 3.63) is 64.0 Å². The molecule has 0 aliphatic rings. The Bertz CT molecular complexity index is 964. The van der Waals surface area contributed by atoms with Crippen molar-refractivity contribution in [3.8, 4) is 11.3 Å². The maximum Gasteiger partial charge on any atom is 0.137 e. The Morgan fingerprint density at radius 1 is 1.04 bits per heavy atom. The number of benzene rings is 2. The van der Waals surface area contributed by atoms with E-state index < -0.39 is 0 Å². The Morgan fingerprint density at radius 3 is 2.29 bits per heavy atom. The number of nitrogens with zero attached hydrogens (tertiary/aromatic N) is 1. The third-order valence-corrected chi connectivity index (χ3v) is 4.57. The lowest BCUT2D eigenvalue weighted by Gasteiger charge is -2.19. The van der Waals surface area contributed by atoms with Crippen LogP contribution in [0, 0.1) is 6.92 Å². The molecule has 1 aromatic heterocycles. The van der Waals surface area contributed by atoms with Crippen LogP contribution in [0.4, 0.5) is 0 Å². The van der Waals surface area contributed by atoms with Crippen LogP contribution in [-0.2, 0) is 5.41 Å². The fourth-order valence-corrected chi connectivity index (χ4v) is 2.81. The molecule has 124 valence electrons. The molecule has 0 amide bonds. The van der Waals surface area contributed by atoms with E-state index in [0.29, 0.717) is 27.1 Å². The number of halogens is 1. The van der Waals surface area contributed by atoms with Gasteiger partial charge in [-0.15, -0.1) is 0 Å². The predicted molar refractivity (Wildman–Crippen MR) is 97.4 cm³/mol. The van der Waals surface area contributed by atoms with Gasteiger partial charge in [0.2, 0.25) is 0 Å². The van der Waals surface area contributed by atoms with Gasteiger partial charge in [-0.1, -0.05) is 61.8 Å².